The second-order valence-electron chi connectivity index (χ2n) is 8.03. The molecule has 1 unspecified atom stereocenters. The zero-order chi connectivity index (χ0) is 21.9. The second kappa shape index (κ2) is 9.18. The van der Waals surface area contributed by atoms with E-state index in [1.54, 1.807) is 27.0 Å². The average Bonchev–Trinajstić information content (AvgIpc) is 3.49. The van der Waals surface area contributed by atoms with Crippen LogP contribution in [0.3, 0.4) is 0 Å². The van der Waals surface area contributed by atoms with Gasteiger partial charge >= 0.3 is 5.97 Å². The maximum Gasteiger partial charge on any atom is 0.330 e. The predicted molar refractivity (Wildman–Crippen MR) is 111 cm³/mol. The Hall–Kier alpha value is -2.39. The van der Waals surface area contributed by atoms with Crippen LogP contribution in [0.5, 0.6) is 5.88 Å². The fourth-order valence-electron chi connectivity index (χ4n) is 3.98. The number of carboxylic acids is 1. The first-order valence-corrected chi connectivity index (χ1v) is 10.4. The third kappa shape index (κ3) is 4.09. The Labute approximate surface area is 176 Å². The maximum atomic E-state index is 12.0. The van der Waals surface area contributed by atoms with Crippen LogP contribution in [-0.4, -0.2) is 72.6 Å². The summed E-state index contributed by atoms with van der Waals surface area (Å²) in [5, 5.41) is 19.1. The molecule has 2 fully saturated rings. The molecule has 1 aromatic heterocycles. The molecule has 1 aliphatic carbocycles. The van der Waals surface area contributed by atoms with Gasteiger partial charge in [-0.2, -0.15) is 4.98 Å². The first-order valence-electron chi connectivity index (χ1n) is 10.4. The van der Waals surface area contributed by atoms with Crippen LogP contribution < -0.4 is 14.5 Å². The topological polar surface area (TPSA) is 112 Å². The number of rotatable bonds is 12. The molecule has 9 heteroatoms. The number of ether oxygens (including phenoxy) is 2. The standard InChI is InChI=1S/C21H31N3O6/c1-4-21(5-2,20(27)28)24(13-26)18-7-6-17(23-9-16(10-23)29-3)19(22-18)30-12-15-8-14(15)11-25/h6-7,13-16,25H,4-5,8-12H2,1-3H3,(H,27,28)/t14-,15?/m1/s1. The van der Waals surface area contributed by atoms with Crippen LogP contribution in [-0.2, 0) is 14.3 Å². The van der Waals surface area contributed by atoms with Gasteiger partial charge in [0.2, 0.25) is 12.3 Å². The Bertz CT molecular complexity index is 763. The van der Waals surface area contributed by atoms with Crippen molar-refractivity contribution < 1.29 is 29.3 Å². The Balaban J connectivity index is 1.90. The van der Waals surface area contributed by atoms with Gasteiger partial charge in [0.25, 0.3) is 0 Å². The SMILES string of the molecule is CCC(CC)(C(=O)O)N(C=O)c1ccc(N2CC(OC)C2)c(OCC2C[C@@H]2CO)n1. The van der Waals surface area contributed by atoms with Crippen molar-refractivity contribution in [3.8, 4) is 5.88 Å². The summed E-state index contributed by atoms with van der Waals surface area (Å²) in [6.45, 7) is 5.46. The van der Waals surface area contributed by atoms with E-state index in [0.717, 1.165) is 12.1 Å². The lowest BCUT2D eigenvalue weighted by Gasteiger charge is -2.41. The molecule has 3 rings (SSSR count). The van der Waals surface area contributed by atoms with Gasteiger partial charge < -0.3 is 24.6 Å². The predicted octanol–water partition coefficient (Wildman–Crippen LogP) is 1.53. The van der Waals surface area contributed by atoms with Gasteiger partial charge in [-0.1, -0.05) is 13.8 Å². The molecule has 9 nitrogen and oxygen atoms in total. The van der Waals surface area contributed by atoms with E-state index in [9.17, 15) is 19.8 Å². The summed E-state index contributed by atoms with van der Waals surface area (Å²) in [7, 11) is 1.67. The number of aromatic nitrogens is 1. The minimum Gasteiger partial charge on any atom is -0.479 e. The number of nitrogens with zero attached hydrogens (tertiary/aromatic N) is 3. The fraction of sp³-hybridized carbons (Fsp3) is 0.667. The van der Waals surface area contributed by atoms with Gasteiger partial charge in [0.05, 0.1) is 12.7 Å². The van der Waals surface area contributed by atoms with Crippen LogP contribution in [0.25, 0.3) is 0 Å². The number of amides is 1. The molecule has 2 N–H and O–H groups in total. The summed E-state index contributed by atoms with van der Waals surface area (Å²) in [6, 6.07) is 3.47. The highest BCUT2D eigenvalue weighted by Crippen LogP contribution is 2.40. The summed E-state index contributed by atoms with van der Waals surface area (Å²) in [5.41, 5.74) is -0.586. The van der Waals surface area contributed by atoms with E-state index in [-0.39, 0.29) is 43.2 Å². The van der Waals surface area contributed by atoms with Gasteiger partial charge in [0.1, 0.15) is 17.0 Å². The van der Waals surface area contributed by atoms with Crippen molar-refractivity contribution in [1.82, 2.24) is 4.98 Å². The molecule has 0 bridgehead atoms. The van der Waals surface area contributed by atoms with Gasteiger partial charge in [-0.15, -0.1) is 0 Å². The number of carboxylic acid groups (broad SMARTS) is 1. The zero-order valence-corrected chi connectivity index (χ0v) is 17.8. The molecule has 1 aromatic rings. The van der Waals surface area contributed by atoms with E-state index in [1.807, 2.05) is 6.07 Å². The summed E-state index contributed by atoms with van der Waals surface area (Å²) in [5.74, 6) is 0.0763. The van der Waals surface area contributed by atoms with Gasteiger partial charge in [0.15, 0.2) is 0 Å². The lowest BCUT2D eigenvalue weighted by Crippen LogP contribution is -2.54. The summed E-state index contributed by atoms with van der Waals surface area (Å²) < 4.78 is 11.3. The number of methoxy groups -OCH3 is 1. The van der Waals surface area contributed by atoms with Crippen LogP contribution in [0.1, 0.15) is 33.1 Å². The van der Waals surface area contributed by atoms with E-state index in [4.69, 9.17) is 9.47 Å². The van der Waals surface area contributed by atoms with Gasteiger partial charge in [-0.3, -0.25) is 9.69 Å². The smallest absolute Gasteiger partial charge is 0.330 e. The van der Waals surface area contributed by atoms with E-state index >= 15 is 0 Å². The number of hydrogen-bond donors (Lipinski definition) is 2. The lowest BCUT2D eigenvalue weighted by molar-refractivity contribution is -0.144. The monoisotopic (exact) mass is 421 g/mol. The van der Waals surface area contributed by atoms with Gasteiger partial charge in [0, 0.05) is 26.8 Å². The number of carbonyl (C=O) groups excluding carboxylic acids is 1. The van der Waals surface area contributed by atoms with Gasteiger partial charge in [-0.25, -0.2) is 4.79 Å². The number of anilines is 2. The minimum absolute atomic E-state index is 0.142. The van der Waals surface area contributed by atoms with Crippen LogP contribution >= 0.6 is 0 Å². The van der Waals surface area contributed by atoms with Crippen molar-refractivity contribution in [1.29, 1.82) is 0 Å². The molecule has 2 atom stereocenters. The number of aliphatic carboxylic acids is 1. The molecular weight excluding hydrogens is 390 g/mol. The van der Waals surface area contributed by atoms with E-state index in [2.05, 4.69) is 9.88 Å². The fourth-order valence-corrected chi connectivity index (χ4v) is 3.98. The highest BCUT2D eigenvalue weighted by Gasteiger charge is 2.43. The molecule has 30 heavy (non-hydrogen) atoms. The molecule has 0 aromatic carbocycles. The van der Waals surface area contributed by atoms with Crippen molar-refractivity contribution in [2.75, 3.05) is 43.2 Å². The average molecular weight is 421 g/mol. The second-order valence-corrected chi connectivity index (χ2v) is 8.03. The van der Waals surface area contributed by atoms with E-state index in [1.165, 1.54) is 4.90 Å². The first-order chi connectivity index (χ1) is 14.4. The highest BCUT2D eigenvalue weighted by molar-refractivity contribution is 5.91. The normalized spacial score (nSPS) is 21.1. The largest absolute Gasteiger partial charge is 0.479 e. The molecule has 0 spiro atoms. The van der Waals surface area contributed by atoms with E-state index < -0.39 is 11.5 Å². The highest BCUT2D eigenvalue weighted by atomic mass is 16.5. The summed E-state index contributed by atoms with van der Waals surface area (Å²) in [4.78, 5) is 31.8. The van der Waals surface area contributed by atoms with Crippen LogP contribution in [0.2, 0.25) is 0 Å². The van der Waals surface area contributed by atoms with E-state index in [0.29, 0.717) is 32.0 Å². The van der Waals surface area contributed by atoms with Crippen LogP contribution in [0, 0.1) is 11.8 Å². The van der Waals surface area contributed by atoms with Crippen molar-refractivity contribution in [3.05, 3.63) is 12.1 Å². The number of pyridine rings is 1. The quantitative estimate of drug-likeness (QED) is 0.489. The molecule has 2 aliphatic rings. The number of aliphatic hydroxyl groups excluding tert-OH is 1. The maximum absolute atomic E-state index is 12.0. The Kier molecular flexibility index (Phi) is 6.82. The summed E-state index contributed by atoms with van der Waals surface area (Å²) in [6.07, 6.45) is 2.08. The molecule has 1 aliphatic heterocycles. The Morgan fingerprint density at radius 2 is 2.03 bits per heavy atom. The third-order valence-corrected chi connectivity index (χ3v) is 6.47. The molecule has 1 saturated carbocycles. The van der Waals surface area contributed by atoms with Crippen LogP contribution in [0.4, 0.5) is 11.5 Å². The lowest BCUT2D eigenvalue weighted by atomic mass is 9.91. The number of aliphatic hydroxyl groups is 1. The number of hydrogen-bond acceptors (Lipinski definition) is 7. The zero-order valence-electron chi connectivity index (χ0n) is 17.8. The minimum atomic E-state index is -1.37. The van der Waals surface area contributed by atoms with Crippen molar-refractivity contribution in [2.45, 2.75) is 44.8 Å². The first kappa shape index (κ1) is 22.3. The van der Waals surface area contributed by atoms with Crippen LogP contribution in [0.15, 0.2) is 12.1 Å². The molecule has 2 heterocycles. The molecule has 1 amide bonds. The van der Waals surface area contributed by atoms with Gasteiger partial charge in [-0.05, 0) is 43.2 Å². The Morgan fingerprint density at radius 3 is 2.53 bits per heavy atom. The molecule has 1 saturated heterocycles. The molecule has 166 valence electrons. The van der Waals surface area contributed by atoms with Crippen molar-refractivity contribution >= 4 is 23.9 Å². The summed E-state index contributed by atoms with van der Waals surface area (Å²) >= 11 is 0. The van der Waals surface area contributed by atoms with Crippen molar-refractivity contribution in [2.24, 2.45) is 11.8 Å². The Morgan fingerprint density at radius 1 is 1.33 bits per heavy atom. The third-order valence-electron chi connectivity index (χ3n) is 6.47. The van der Waals surface area contributed by atoms with Crippen molar-refractivity contribution in [3.63, 3.8) is 0 Å². The number of carbonyl (C=O) groups is 2. The molecule has 0 radical (unpaired) electrons. The molecular formula is C21H31N3O6.